The van der Waals surface area contributed by atoms with Crippen molar-refractivity contribution in [3.63, 3.8) is 0 Å². The lowest BCUT2D eigenvalue weighted by molar-refractivity contribution is -0.128. The van der Waals surface area contributed by atoms with Gasteiger partial charge in [0.15, 0.2) is 0 Å². The Morgan fingerprint density at radius 3 is 2.68 bits per heavy atom. The van der Waals surface area contributed by atoms with Gasteiger partial charge in [-0.15, -0.1) is 0 Å². The molecule has 28 heavy (non-hydrogen) atoms. The smallest absolute Gasteiger partial charge is 0.339 e. The van der Waals surface area contributed by atoms with E-state index in [0.717, 1.165) is 24.1 Å². The summed E-state index contributed by atoms with van der Waals surface area (Å²) in [4.78, 5) is 41.1. The zero-order valence-electron chi connectivity index (χ0n) is 16.4. The molecule has 148 valence electrons. The van der Waals surface area contributed by atoms with Gasteiger partial charge in [-0.3, -0.25) is 9.59 Å². The van der Waals surface area contributed by atoms with Gasteiger partial charge in [-0.2, -0.15) is 0 Å². The van der Waals surface area contributed by atoms with Gasteiger partial charge in [-0.1, -0.05) is 24.3 Å². The number of amides is 2. The summed E-state index contributed by atoms with van der Waals surface area (Å²) in [6.07, 6.45) is 1.54. The Balaban J connectivity index is 1.66. The molecular formula is C21H25N3O4. The van der Waals surface area contributed by atoms with Crippen molar-refractivity contribution in [2.24, 2.45) is 0 Å². The maximum absolute atomic E-state index is 12.6. The molecule has 0 radical (unpaired) electrons. The zero-order chi connectivity index (χ0) is 20.3. The Bertz CT molecular complexity index is 916. The molecule has 0 bridgehead atoms. The van der Waals surface area contributed by atoms with Gasteiger partial charge < -0.3 is 19.9 Å². The van der Waals surface area contributed by atoms with Crippen LogP contribution >= 0.6 is 0 Å². The van der Waals surface area contributed by atoms with E-state index < -0.39 is 5.97 Å². The van der Waals surface area contributed by atoms with E-state index in [4.69, 9.17) is 4.74 Å². The number of hydrogen-bond donors (Lipinski definition) is 2. The van der Waals surface area contributed by atoms with Crippen LogP contribution < -0.4 is 5.32 Å². The average Bonchev–Trinajstić information content (AvgIpc) is 3.22. The fraction of sp³-hybridized carbons (Fsp3) is 0.381. The number of hydrogen-bond acceptors (Lipinski definition) is 4. The van der Waals surface area contributed by atoms with Gasteiger partial charge in [0.05, 0.1) is 12.7 Å². The molecule has 0 spiro atoms. The molecule has 2 N–H and O–H groups in total. The van der Waals surface area contributed by atoms with Crippen molar-refractivity contribution in [3.8, 4) is 0 Å². The number of carbonyl (C=O) groups excluding carboxylic acids is 3. The van der Waals surface area contributed by atoms with Crippen LogP contribution in [0.5, 0.6) is 0 Å². The van der Waals surface area contributed by atoms with E-state index in [2.05, 4.69) is 10.3 Å². The number of aryl methyl sites for hydroxylation is 1. The van der Waals surface area contributed by atoms with Crippen LogP contribution in [-0.2, 0) is 22.6 Å². The van der Waals surface area contributed by atoms with Crippen molar-refractivity contribution < 1.29 is 19.1 Å². The zero-order valence-corrected chi connectivity index (χ0v) is 16.4. The first-order valence-corrected chi connectivity index (χ1v) is 9.32. The predicted octanol–water partition coefficient (Wildman–Crippen LogP) is 2.47. The molecule has 2 aromatic rings. The van der Waals surface area contributed by atoms with E-state index in [1.165, 1.54) is 7.11 Å². The highest BCUT2D eigenvalue weighted by Crippen LogP contribution is 2.19. The number of ether oxygens (including phenoxy) is 1. The highest BCUT2D eigenvalue weighted by atomic mass is 16.5. The summed E-state index contributed by atoms with van der Waals surface area (Å²) in [5.41, 5.74) is 3.92. The van der Waals surface area contributed by atoms with E-state index >= 15 is 0 Å². The maximum Gasteiger partial charge on any atom is 0.339 e. The molecule has 1 aliphatic rings. The molecule has 3 rings (SSSR count). The number of methoxy groups -OCH3 is 1. The number of carbonyl (C=O) groups is 3. The molecule has 1 saturated heterocycles. The van der Waals surface area contributed by atoms with Gasteiger partial charge in [-0.05, 0) is 37.0 Å². The summed E-state index contributed by atoms with van der Waals surface area (Å²) in [5.74, 6) is -0.553. The van der Waals surface area contributed by atoms with E-state index in [9.17, 15) is 14.4 Å². The van der Waals surface area contributed by atoms with Crippen LogP contribution in [0.4, 0.5) is 0 Å². The molecule has 1 aromatic heterocycles. The number of H-pyrrole nitrogens is 1. The fourth-order valence-corrected chi connectivity index (χ4v) is 3.59. The molecule has 1 aliphatic heterocycles. The fourth-order valence-electron chi connectivity index (χ4n) is 3.59. The van der Waals surface area contributed by atoms with E-state index in [1.807, 2.05) is 29.2 Å². The Kier molecular flexibility index (Phi) is 5.82. The van der Waals surface area contributed by atoms with Crippen LogP contribution in [0, 0.1) is 13.8 Å². The topological polar surface area (TPSA) is 91.5 Å². The Morgan fingerprint density at radius 2 is 2.00 bits per heavy atom. The second-order valence-corrected chi connectivity index (χ2v) is 7.04. The number of aromatic amines is 1. The Morgan fingerprint density at radius 1 is 1.25 bits per heavy atom. The minimum absolute atomic E-state index is 0.192. The lowest BCUT2D eigenvalue weighted by Crippen LogP contribution is -2.25. The number of esters is 1. The first-order chi connectivity index (χ1) is 13.4. The molecule has 2 heterocycles. The lowest BCUT2D eigenvalue weighted by Gasteiger charge is -2.16. The van der Waals surface area contributed by atoms with Gasteiger partial charge in [0.1, 0.15) is 5.69 Å². The molecule has 0 atom stereocenters. The summed E-state index contributed by atoms with van der Waals surface area (Å²) in [7, 11) is 1.32. The second-order valence-electron chi connectivity index (χ2n) is 7.04. The third-order valence-corrected chi connectivity index (χ3v) is 5.04. The largest absolute Gasteiger partial charge is 0.465 e. The standard InChI is InChI=1S/C21H25N3O4/c1-13-18(21(27)28-3)14(2)23-19(13)20(26)22-11-15-6-4-7-16(10-15)12-24-9-5-8-17(24)25/h4,6-7,10,23H,5,8-9,11-12H2,1-3H3,(H,22,26). The van der Waals surface area contributed by atoms with E-state index in [1.54, 1.807) is 13.8 Å². The number of nitrogens with one attached hydrogen (secondary N) is 2. The van der Waals surface area contributed by atoms with Gasteiger partial charge >= 0.3 is 5.97 Å². The molecule has 0 aliphatic carbocycles. The predicted molar refractivity (Wildman–Crippen MR) is 104 cm³/mol. The average molecular weight is 383 g/mol. The first kappa shape index (κ1) is 19.7. The van der Waals surface area contributed by atoms with Crippen molar-refractivity contribution in [3.05, 3.63) is 57.9 Å². The van der Waals surface area contributed by atoms with Crippen LogP contribution in [0.2, 0.25) is 0 Å². The molecule has 2 amide bonds. The van der Waals surface area contributed by atoms with Crippen LogP contribution in [0.3, 0.4) is 0 Å². The highest BCUT2D eigenvalue weighted by Gasteiger charge is 2.22. The molecular weight excluding hydrogens is 358 g/mol. The summed E-state index contributed by atoms with van der Waals surface area (Å²) in [6, 6.07) is 7.84. The minimum atomic E-state index is -0.463. The molecule has 7 heteroatoms. The SMILES string of the molecule is COC(=O)c1c(C)[nH]c(C(=O)NCc2cccc(CN3CCCC3=O)c2)c1C. The third kappa shape index (κ3) is 4.08. The van der Waals surface area contributed by atoms with Gasteiger partial charge in [0.25, 0.3) is 5.91 Å². The third-order valence-electron chi connectivity index (χ3n) is 5.04. The maximum atomic E-state index is 12.6. The van der Waals surface area contributed by atoms with Gasteiger partial charge in [0.2, 0.25) is 5.91 Å². The monoisotopic (exact) mass is 383 g/mol. The Labute approximate surface area is 164 Å². The number of likely N-dealkylation sites (tertiary alicyclic amines) is 1. The number of benzene rings is 1. The molecule has 0 saturated carbocycles. The summed E-state index contributed by atoms with van der Waals surface area (Å²) >= 11 is 0. The van der Waals surface area contributed by atoms with Crippen molar-refractivity contribution in [1.82, 2.24) is 15.2 Å². The lowest BCUT2D eigenvalue weighted by atomic mass is 10.1. The quantitative estimate of drug-likeness (QED) is 0.750. The highest BCUT2D eigenvalue weighted by molar-refractivity contribution is 6.00. The van der Waals surface area contributed by atoms with Gasteiger partial charge in [-0.25, -0.2) is 4.79 Å². The number of nitrogens with zero attached hydrogens (tertiary/aromatic N) is 1. The van der Waals surface area contributed by atoms with E-state index in [0.29, 0.717) is 42.0 Å². The van der Waals surface area contributed by atoms with Crippen molar-refractivity contribution >= 4 is 17.8 Å². The van der Waals surface area contributed by atoms with Crippen LogP contribution in [0.15, 0.2) is 24.3 Å². The summed E-state index contributed by atoms with van der Waals surface area (Å²) in [6.45, 7) is 5.20. The first-order valence-electron chi connectivity index (χ1n) is 9.32. The van der Waals surface area contributed by atoms with Crippen molar-refractivity contribution in [2.75, 3.05) is 13.7 Å². The molecule has 1 aromatic carbocycles. The molecule has 7 nitrogen and oxygen atoms in total. The number of rotatable bonds is 6. The van der Waals surface area contributed by atoms with Gasteiger partial charge in [0, 0.05) is 31.7 Å². The van der Waals surface area contributed by atoms with Crippen molar-refractivity contribution in [2.45, 2.75) is 39.8 Å². The summed E-state index contributed by atoms with van der Waals surface area (Å²) < 4.78 is 4.78. The molecule has 0 unspecified atom stereocenters. The van der Waals surface area contributed by atoms with Crippen LogP contribution in [-0.4, -0.2) is 41.3 Å². The minimum Gasteiger partial charge on any atom is -0.465 e. The number of aromatic nitrogens is 1. The summed E-state index contributed by atoms with van der Waals surface area (Å²) in [5, 5.41) is 2.88. The second kappa shape index (κ2) is 8.29. The van der Waals surface area contributed by atoms with Crippen LogP contribution in [0.25, 0.3) is 0 Å². The normalized spacial score (nSPS) is 13.7. The molecule has 1 fully saturated rings. The Hall–Kier alpha value is -3.09. The van der Waals surface area contributed by atoms with Crippen molar-refractivity contribution in [1.29, 1.82) is 0 Å². The van der Waals surface area contributed by atoms with E-state index in [-0.39, 0.29) is 11.8 Å². The van der Waals surface area contributed by atoms with Crippen LogP contribution in [0.1, 0.15) is 56.1 Å².